The van der Waals surface area contributed by atoms with E-state index in [-0.39, 0.29) is 5.56 Å². The monoisotopic (exact) mass is 342 g/mol. The van der Waals surface area contributed by atoms with Gasteiger partial charge < -0.3 is 10.7 Å². The van der Waals surface area contributed by atoms with E-state index in [0.717, 1.165) is 28.1 Å². The van der Waals surface area contributed by atoms with Gasteiger partial charge in [-0.2, -0.15) is 0 Å². The molecule has 0 aliphatic heterocycles. The molecule has 5 nitrogen and oxygen atoms in total. The van der Waals surface area contributed by atoms with E-state index < -0.39 is 0 Å². The van der Waals surface area contributed by atoms with Crippen LogP contribution in [0.1, 0.15) is 0 Å². The molecule has 0 atom stereocenters. The third-order valence-corrected chi connectivity index (χ3v) is 4.28. The summed E-state index contributed by atoms with van der Waals surface area (Å²) in [7, 11) is 0. The fourth-order valence-electron chi connectivity index (χ4n) is 2.94. The second-order valence-corrected chi connectivity index (χ2v) is 5.98. The van der Waals surface area contributed by atoms with E-state index in [1.807, 2.05) is 78.9 Å². The maximum Gasteiger partial charge on any atom is 0.262 e. The Labute approximate surface area is 150 Å². The number of pyridine rings is 1. The average Bonchev–Trinajstić information content (AvgIpc) is 2.69. The van der Waals surface area contributed by atoms with Gasteiger partial charge in [-0.25, -0.2) is 0 Å². The summed E-state index contributed by atoms with van der Waals surface area (Å²) in [4.78, 5) is 12.9. The molecule has 3 aromatic carbocycles. The first-order valence-corrected chi connectivity index (χ1v) is 8.29. The van der Waals surface area contributed by atoms with Gasteiger partial charge in [-0.3, -0.25) is 15.2 Å². The Balaban J connectivity index is 1.71. The van der Waals surface area contributed by atoms with Gasteiger partial charge in [0.1, 0.15) is 0 Å². The first-order valence-electron chi connectivity index (χ1n) is 8.29. The number of benzene rings is 3. The van der Waals surface area contributed by atoms with Crippen molar-refractivity contribution in [3.05, 3.63) is 95.4 Å². The van der Waals surface area contributed by atoms with Crippen LogP contribution in [0.15, 0.2) is 89.9 Å². The Kier molecular flexibility index (Phi) is 4.13. The predicted molar refractivity (Wildman–Crippen MR) is 107 cm³/mol. The third kappa shape index (κ3) is 3.03. The number of hydrogen-bond donors (Lipinski definition) is 3. The van der Waals surface area contributed by atoms with Gasteiger partial charge in [0.25, 0.3) is 5.56 Å². The summed E-state index contributed by atoms with van der Waals surface area (Å²) in [6.45, 7) is 0. The quantitative estimate of drug-likeness (QED) is 0.387. The normalized spacial score (nSPS) is 10.7. The minimum Gasteiger partial charge on any atom is -0.356 e. The van der Waals surface area contributed by atoms with Crippen molar-refractivity contribution in [2.75, 3.05) is 10.7 Å². The fraction of sp³-hybridized carbons (Fsp3) is 0. The molecular formula is C21H18N4O. The molecule has 0 saturated carbocycles. The van der Waals surface area contributed by atoms with E-state index in [1.54, 1.807) is 10.8 Å². The Bertz CT molecular complexity index is 1100. The fourth-order valence-corrected chi connectivity index (χ4v) is 2.94. The van der Waals surface area contributed by atoms with Crippen LogP contribution >= 0.6 is 0 Å². The van der Waals surface area contributed by atoms with Crippen molar-refractivity contribution in [3.8, 4) is 5.69 Å². The molecule has 0 fully saturated rings. The largest absolute Gasteiger partial charge is 0.356 e. The van der Waals surface area contributed by atoms with Crippen molar-refractivity contribution in [3.63, 3.8) is 0 Å². The van der Waals surface area contributed by atoms with Crippen LogP contribution in [0.2, 0.25) is 0 Å². The number of hydrazine groups is 1. The summed E-state index contributed by atoms with van der Waals surface area (Å²) in [5.74, 6) is 5.39. The molecule has 0 unspecified atom stereocenters. The average molecular weight is 342 g/mol. The first kappa shape index (κ1) is 15.9. The molecule has 0 radical (unpaired) electrons. The van der Waals surface area contributed by atoms with Crippen LogP contribution in [0.25, 0.3) is 16.5 Å². The molecule has 4 aromatic rings. The summed E-state index contributed by atoms with van der Waals surface area (Å²) in [5.41, 5.74) is 6.06. The zero-order chi connectivity index (χ0) is 17.9. The zero-order valence-corrected chi connectivity index (χ0v) is 14.0. The summed E-state index contributed by atoms with van der Waals surface area (Å²) in [6.07, 6.45) is 1.79. The van der Waals surface area contributed by atoms with Crippen LogP contribution in [0, 0.1) is 0 Å². The van der Waals surface area contributed by atoms with Gasteiger partial charge in [-0.05, 0) is 66.0 Å². The Morgan fingerprint density at radius 1 is 0.769 bits per heavy atom. The zero-order valence-electron chi connectivity index (χ0n) is 14.0. The molecule has 0 aliphatic carbocycles. The molecule has 26 heavy (non-hydrogen) atoms. The SMILES string of the molecule is NNc1ccc(-n2ccc3cc(Nc4ccccc4)ccc3c2=O)cc1. The number of nitrogens with zero attached hydrogens (tertiary/aromatic N) is 1. The third-order valence-electron chi connectivity index (χ3n) is 4.28. The number of nitrogen functional groups attached to an aromatic ring is 1. The summed E-state index contributed by atoms with van der Waals surface area (Å²) in [6, 6.07) is 25.0. The number of nitrogens with one attached hydrogen (secondary N) is 2. The van der Waals surface area contributed by atoms with Gasteiger partial charge in [-0.15, -0.1) is 0 Å². The highest BCUT2D eigenvalue weighted by Crippen LogP contribution is 2.21. The minimum absolute atomic E-state index is 0.0535. The number of fused-ring (bicyclic) bond motifs is 1. The van der Waals surface area contributed by atoms with E-state index in [2.05, 4.69) is 10.7 Å². The Hall–Kier alpha value is -3.57. The molecule has 0 amide bonds. The van der Waals surface area contributed by atoms with Crippen LogP contribution in [0.5, 0.6) is 0 Å². The lowest BCUT2D eigenvalue weighted by atomic mass is 10.1. The molecule has 1 aromatic heterocycles. The molecule has 0 spiro atoms. The number of rotatable bonds is 4. The highest BCUT2D eigenvalue weighted by molar-refractivity contribution is 5.86. The number of hydrogen-bond acceptors (Lipinski definition) is 4. The maximum absolute atomic E-state index is 12.9. The van der Waals surface area contributed by atoms with E-state index in [9.17, 15) is 4.79 Å². The summed E-state index contributed by atoms with van der Waals surface area (Å²) >= 11 is 0. The van der Waals surface area contributed by atoms with Crippen molar-refractivity contribution in [1.29, 1.82) is 0 Å². The van der Waals surface area contributed by atoms with Crippen molar-refractivity contribution >= 4 is 27.8 Å². The van der Waals surface area contributed by atoms with Gasteiger partial charge >= 0.3 is 0 Å². The number of aromatic nitrogens is 1. The number of anilines is 3. The van der Waals surface area contributed by atoms with Gasteiger partial charge in [0.2, 0.25) is 0 Å². The van der Waals surface area contributed by atoms with Crippen LogP contribution < -0.4 is 22.1 Å². The standard InChI is InChI=1S/C21H18N4O/c22-24-17-6-9-19(10-7-17)25-13-12-15-14-18(8-11-20(15)21(25)26)23-16-4-2-1-3-5-16/h1-14,23-24H,22H2. The second-order valence-electron chi connectivity index (χ2n) is 5.98. The van der Waals surface area contributed by atoms with Gasteiger partial charge in [-0.1, -0.05) is 18.2 Å². The molecule has 0 aliphatic rings. The molecule has 4 N–H and O–H groups in total. The van der Waals surface area contributed by atoms with Gasteiger partial charge in [0.15, 0.2) is 0 Å². The van der Waals surface area contributed by atoms with Gasteiger partial charge in [0, 0.05) is 34.3 Å². The summed E-state index contributed by atoms with van der Waals surface area (Å²) in [5, 5.41) is 4.92. The molecule has 5 heteroatoms. The van der Waals surface area contributed by atoms with Crippen LogP contribution in [0.3, 0.4) is 0 Å². The van der Waals surface area contributed by atoms with E-state index in [0.29, 0.717) is 5.39 Å². The van der Waals surface area contributed by atoms with Crippen LogP contribution in [0.4, 0.5) is 17.1 Å². The van der Waals surface area contributed by atoms with E-state index in [1.165, 1.54) is 0 Å². The number of nitrogens with two attached hydrogens (primary N) is 1. The molecule has 4 rings (SSSR count). The predicted octanol–water partition coefficient (Wildman–Crippen LogP) is 4.02. The lowest BCUT2D eigenvalue weighted by molar-refractivity contribution is 1.01. The van der Waals surface area contributed by atoms with Crippen molar-refractivity contribution in [2.45, 2.75) is 0 Å². The molecule has 128 valence electrons. The molecule has 1 heterocycles. The summed E-state index contributed by atoms with van der Waals surface area (Å²) < 4.78 is 1.63. The highest BCUT2D eigenvalue weighted by atomic mass is 16.1. The highest BCUT2D eigenvalue weighted by Gasteiger charge is 2.06. The van der Waals surface area contributed by atoms with Crippen LogP contribution in [-0.2, 0) is 0 Å². The topological polar surface area (TPSA) is 72.1 Å². The first-order chi connectivity index (χ1) is 12.7. The van der Waals surface area contributed by atoms with Crippen LogP contribution in [-0.4, -0.2) is 4.57 Å². The van der Waals surface area contributed by atoms with Gasteiger partial charge in [0.05, 0.1) is 0 Å². The molecule has 0 bridgehead atoms. The molecular weight excluding hydrogens is 324 g/mol. The Morgan fingerprint density at radius 2 is 1.50 bits per heavy atom. The van der Waals surface area contributed by atoms with Crippen molar-refractivity contribution in [2.24, 2.45) is 5.84 Å². The smallest absolute Gasteiger partial charge is 0.262 e. The molecule has 0 saturated heterocycles. The van der Waals surface area contributed by atoms with E-state index in [4.69, 9.17) is 5.84 Å². The van der Waals surface area contributed by atoms with E-state index >= 15 is 0 Å². The number of para-hydroxylation sites is 1. The Morgan fingerprint density at radius 3 is 2.23 bits per heavy atom. The second kappa shape index (κ2) is 6.74. The maximum atomic E-state index is 12.9. The lowest BCUT2D eigenvalue weighted by Crippen LogP contribution is -2.17. The minimum atomic E-state index is -0.0535. The lowest BCUT2D eigenvalue weighted by Gasteiger charge is -2.10. The van der Waals surface area contributed by atoms with Crippen molar-refractivity contribution < 1.29 is 0 Å². The van der Waals surface area contributed by atoms with Crippen molar-refractivity contribution in [1.82, 2.24) is 4.57 Å².